The summed E-state index contributed by atoms with van der Waals surface area (Å²) in [6.07, 6.45) is 3.88. The van der Waals surface area contributed by atoms with Gasteiger partial charge in [0.25, 0.3) is 0 Å². The second kappa shape index (κ2) is 7.70. The summed E-state index contributed by atoms with van der Waals surface area (Å²) in [5.41, 5.74) is 1.94. The molecule has 1 aliphatic heterocycles. The highest BCUT2D eigenvalue weighted by molar-refractivity contribution is 9.10. The lowest BCUT2D eigenvalue weighted by Gasteiger charge is -2.39. The molecule has 0 bridgehead atoms. The Hall–Kier alpha value is -1.27. The fourth-order valence-corrected chi connectivity index (χ4v) is 5.51. The minimum Gasteiger partial charge on any atom is -0.543 e. The summed E-state index contributed by atoms with van der Waals surface area (Å²) in [7, 11) is -1.97. The van der Waals surface area contributed by atoms with Gasteiger partial charge in [-0.2, -0.15) is 0 Å². The number of piperidine rings is 1. The maximum atomic E-state index is 12.5. The molecule has 0 saturated carbocycles. The van der Waals surface area contributed by atoms with Crippen molar-refractivity contribution in [2.75, 3.05) is 13.1 Å². The fraction of sp³-hybridized carbons (Fsp3) is 0.625. The number of rotatable bonds is 2. The lowest BCUT2D eigenvalue weighted by atomic mass is 9.74. The molecule has 1 aromatic carbocycles. The molecule has 1 saturated heterocycles. The summed E-state index contributed by atoms with van der Waals surface area (Å²) >= 11 is 3.77. The van der Waals surface area contributed by atoms with Crippen molar-refractivity contribution in [2.24, 2.45) is 0 Å². The summed E-state index contributed by atoms with van der Waals surface area (Å²) in [6, 6.07) is 6.42. The topological polar surface area (TPSA) is 38.8 Å². The summed E-state index contributed by atoms with van der Waals surface area (Å²) in [5.74, 6) is 1.01. The molecule has 2 aliphatic rings. The Morgan fingerprint density at radius 3 is 2.23 bits per heavy atom. The Kier molecular flexibility index (Phi) is 6.00. The zero-order valence-electron chi connectivity index (χ0n) is 19.7. The van der Waals surface area contributed by atoms with Crippen molar-refractivity contribution in [1.29, 1.82) is 0 Å². The first-order valence-electron chi connectivity index (χ1n) is 10.8. The quantitative estimate of drug-likeness (QED) is 0.412. The Morgan fingerprint density at radius 2 is 1.70 bits per heavy atom. The largest absolute Gasteiger partial charge is 0.543 e. The molecule has 0 unspecified atom stereocenters. The fourth-order valence-electron chi connectivity index (χ4n) is 3.93. The van der Waals surface area contributed by atoms with Crippen LogP contribution in [0.1, 0.15) is 65.5 Å². The molecule has 4 nitrogen and oxygen atoms in total. The molecule has 1 heterocycles. The van der Waals surface area contributed by atoms with Crippen LogP contribution < -0.4 is 0 Å². The average Bonchev–Trinajstić information content (AvgIpc) is 2.87. The van der Waals surface area contributed by atoms with Crippen molar-refractivity contribution in [2.45, 2.75) is 83.5 Å². The van der Waals surface area contributed by atoms with Crippen LogP contribution in [0.2, 0.25) is 18.1 Å². The third-order valence-electron chi connectivity index (χ3n) is 6.68. The number of carbonyl (C=O) groups excluding carboxylic acids is 1. The third kappa shape index (κ3) is 4.50. The molecule has 0 atom stereocenters. The van der Waals surface area contributed by atoms with E-state index in [9.17, 15) is 4.79 Å². The highest BCUT2D eigenvalue weighted by Gasteiger charge is 2.46. The number of ether oxygens (including phenoxy) is 1. The Bertz CT molecular complexity index is 856. The zero-order chi connectivity index (χ0) is 22.5. The lowest BCUT2D eigenvalue weighted by molar-refractivity contribution is 0.0184. The summed E-state index contributed by atoms with van der Waals surface area (Å²) in [4.78, 5) is 14.4. The molecule has 1 spiro atoms. The molecular formula is C24H36BrNO3Si. The predicted molar refractivity (Wildman–Crippen MR) is 129 cm³/mol. The van der Waals surface area contributed by atoms with Gasteiger partial charge in [0.05, 0.1) is 0 Å². The van der Waals surface area contributed by atoms with Crippen LogP contribution in [0.3, 0.4) is 0 Å². The van der Waals surface area contributed by atoms with Crippen LogP contribution in [0.15, 0.2) is 28.7 Å². The van der Waals surface area contributed by atoms with Crippen LogP contribution in [0.4, 0.5) is 4.79 Å². The van der Waals surface area contributed by atoms with E-state index in [-0.39, 0.29) is 16.5 Å². The highest BCUT2D eigenvalue weighted by Crippen LogP contribution is 2.51. The first-order chi connectivity index (χ1) is 13.7. The summed E-state index contributed by atoms with van der Waals surface area (Å²) in [6.45, 7) is 18.5. The number of benzene rings is 1. The summed E-state index contributed by atoms with van der Waals surface area (Å²) in [5, 5.41) is 0.130. The maximum absolute atomic E-state index is 12.5. The molecule has 1 aromatic rings. The van der Waals surface area contributed by atoms with Crippen molar-refractivity contribution in [3.63, 3.8) is 0 Å². The number of halogens is 1. The SMILES string of the molecule is CC(C)(C)OC(=O)N1CCC2(C=C(O[Si](C)(C)C(C)(C)C)c3c(Br)cccc32)CC1. The first-order valence-corrected chi connectivity index (χ1v) is 14.5. The minimum atomic E-state index is -1.97. The standard InChI is InChI=1S/C24H36BrNO3Si/c1-22(2,3)28-21(27)26-14-12-24(13-15-26)16-19(29-30(7,8)23(4,5)6)20-17(24)10-9-11-18(20)25/h9-11,16H,12-15H2,1-8H3. The predicted octanol–water partition coefficient (Wildman–Crippen LogP) is 7.09. The van der Waals surface area contributed by atoms with E-state index < -0.39 is 13.9 Å². The van der Waals surface area contributed by atoms with Crippen molar-refractivity contribution >= 4 is 36.1 Å². The number of hydrogen-bond acceptors (Lipinski definition) is 3. The molecule has 166 valence electrons. The van der Waals surface area contributed by atoms with Gasteiger partial charge in [0.2, 0.25) is 8.32 Å². The van der Waals surface area contributed by atoms with Gasteiger partial charge >= 0.3 is 6.09 Å². The van der Waals surface area contributed by atoms with Gasteiger partial charge in [-0.05, 0) is 69.5 Å². The second-order valence-corrected chi connectivity index (χ2v) is 16.7. The van der Waals surface area contributed by atoms with Gasteiger partial charge in [0, 0.05) is 28.5 Å². The van der Waals surface area contributed by atoms with Crippen LogP contribution in [0.25, 0.3) is 5.76 Å². The van der Waals surface area contributed by atoms with Crippen molar-refractivity contribution in [3.05, 3.63) is 39.9 Å². The van der Waals surface area contributed by atoms with E-state index in [1.807, 2.05) is 25.7 Å². The number of allylic oxidation sites excluding steroid dienone is 1. The van der Waals surface area contributed by atoms with Gasteiger partial charge in [-0.3, -0.25) is 0 Å². The van der Waals surface area contributed by atoms with E-state index in [4.69, 9.17) is 9.16 Å². The van der Waals surface area contributed by atoms with Gasteiger partial charge in [0.15, 0.2) is 0 Å². The van der Waals surface area contributed by atoms with Gasteiger partial charge in [-0.25, -0.2) is 4.79 Å². The molecule has 0 N–H and O–H groups in total. The van der Waals surface area contributed by atoms with Gasteiger partial charge in [-0.1, -0.05) is 48.8 Å². The van der Waals surface area contributed by atoms with Crippen LogP contribution in [-0.4, -0.2) is 38.0 Å². The van der Waals surface area contributed by atoms with Crippen LogP contribution in [0, 0.1) is 0 Å². The maximum Gasteiger partial charge on any atom is 0.410 e. The van der Waals surface area contributed by atoms with Crippen molar-refractivity contribution in [1.82, 2.24) is 4.90 Å². The van der Waals surface area contributed by atoms with Crippen molar-refractivity contribution in [3.8, 4) is 0 Å². The molecule has 1 fully saturated rings. The number of fused-ring (bicyclic) bond motifs is 2. The number of likely N-dealkylation sites (tertiary alicyclic amines) is 1. The van der Waals surface area contributed by atoms with Crippen LogP contribution >= 0.6 is 15.9 Å². The lowest BCUT2D eigenvalue weighted by Crippen LogP contribution is -2.45. The van der Waals surface area contributed by atoms with Crippen LogP contribution in [0.5, 0.6) is 0 Å². The smallest absolute Gasteiger partial charge is 0.410 e. The van der Waals surface area contributed by atoms with Gasteiger partial charge in [0.1, 0.15) is 11.4 Å². The van der Waals surface area contributed by atoms with Gasteiger partial charge in [-0.15, -0.1) is 0 Å². The first kappa shape index (κ1) is 23.4. The molecule has 1 aliphatic carbocycles. The Morgan fingerprint density at radius 1 is 1.10 bits per heavy atom. The van der Waals surface area contributed by atoms with Crippen molar-refractivity contribution < 1.29 is 14.0 Å². The van der Waals surface area contributed by atoms with E-state index in [1.54, 1.807) is 0 Å². The monoisotopic (exact) mass is 493 g/mol. The molecule has 0 aromatic heterocycles. The molecule has 30 heavy (non-hydrogen) atoms. The molecular weight excluding hydrogens is 458 g/mol. The zero-order valence-corrected chi connectivity index (χ0v) is 22.3. The molecule has 6 heteroatoms. The second-order valence-electron chi connectivity index (χ2n) is 11.2. The van der Waals surface area contributed by atoms with Gasteiger partial charge < -0.3 is 14.1 Å². The van der Waals surface area contributed by atoms with E-state index >= 15 is 0 Å². The Balaban J connectivity index is 1.89. The normalized spacial score (nSPS) is 18.8. The van der Waals surface area contributed by atoms with E-state index in [1.165, 1.54) is 11.1 Å². The molecule has 0 radical (unpaired) electrons. The summed E-state index contributed by atoms with van der Waals surface area (Å²) < 4.78 is 13.5. The number of hydrogen-bond donors (Lipinski definition) is 0. The van der Waals surface area contributed by atoms with E-state index in [0.717, 1.165) is 23.1 Å². The molecule has 1 amide bonds. The number of amides is 1. The average molecular weight is 495 g/mol. The number of carbonyl (C=O) groups is 1. The van der Waals surface area contributed by atoms with Crippen LogP contribution in [-0.2, 0) is 14.6 Å². The third-order valence-corrected chi connectivity index (χ3v) is 11.7. The Labute approximate surface area is 191 Å². The molecule has 3 rings (SSSR count). The van der Waals surface area contributed by atoms with E-state index in [0.29, 0.717) is 13.1 Å². The highest BCUT2D eigenvalue weighted by atomic mass is 79.9. The number of nitrogens with zero attached hydrogens (tertiary/aromatic N) is 1. The van der Waals surface area contributed by atoms with E-state index in [2.05, 4.69) is 74.1 Å². The minimum absolute atomic E-state index is 0.0880.